The summed E-state index contributed by atoms with van der Waals surface area (Å²) in [7, 11) is 0. The molecule has 0 aliphatic rings. The summed E-state index contributed by atoms with van der Waals surface area (Å²) in [5.74, 6) is -1.32. The van der Waals surface area contributed by atoms with Crippen molar-refractivity contribution in [2.45, 2.75) is 27.2 Å². The first-order valence-electron chi connectivity index (χ1n) is 7.88. The Morgan fingerprint density at radius 3 is 2.33 bits per heavy atom. The van der Waals surface area contributed by atoms with Crippen LogP contribution >= 0.6 is 0 Å². The second-order valence-electron chi connectivity index (χ2n) is 5.56. The number of aryl methyl sites for hydroxylation is 2. The van der Waals surface area contributed by atoms with Crippen molar-refractivity contribution in [2.24, 2.45) is 0 Å². The molecule has 0 fully saturated rings. The molecule has 0 atom stereocenters. The third-order valence-electron chi connectivity index (χ3n) is 3.80. The Morgan fingerprint density at radius 2 is 1.75 bits per heavy atom. The highest BCUT2D eigenvalue weighted by Gasteiger charge is 2.16. The van der Waals surface area contributed by atoms with Crippen LogP contribution in [0, 0.1) is 25.5 Å². The Morgan fingerprint density at radius 1 is 1.08 bits per heavy atom. The lowest BCUT2D eigenvalue weighted by molar-refractivity contribution is -0.119. The first kappa shape index (κ1) is 17.9. The lowest BCUT2D eigenvalue weighted by Crippen LogP contribution is -2.31. The Hall–Kier alpha value is -2.43. The molecular formula is C19H21F2NO2. The second kappa shape index (κ2) is 7.90. The number of hydrogen-bond acceptors (Lipinski definition) is 2. The number of anilines is 1. The molecular weight excluding hydrogens is 312 g/mol. The number of carbonyl (C=O) groups excluding carboxylic acids is 1. The number of amides is 1. The van der Waals surface area contributed by atoms with Gasteiger partial charge in [0.15, 0.2) is 11.6 Å². The molecule has 2 aromatic rings. The van der Waals surface area contributed by atoms with Gasteiger partial charge in [0.1, 0.15) is 5.75 Å². The quantitative estimate of drug-likeness (QED) is 0.784. The molecule has 0 aliphatic heterocycles. The molecule has 1 amide bonds. The number of benzene rings is 2. The zero-order valence-electron chi connectivity index (χ0n) is 14.1. The summed E-state index contributed by atoms with van der Waals surface area (Å²) in [6.07, 6.45) is 0.153. The number of para-hydroxylation sites is 1. The van der Waals surface area contributed by atoms with Gasteiger partial charge in [0, 0.05) is 18.3 Å². The van der Waals surface area contributed by atoms with Crippen molar-refractivity contribution in [2.75, 3.05) is 18.1 Å². The smallest absolute Gasteiger partial charge is 0.230 e. The Balaban J connectivity index is 2.01. The highest BCUT2D eigenvalue weighted by Crippen LogP contribution is 2.23. The maximum atomic E-state index is 13.4. The Kier molecular flexibility index (Phi) is 5.90. The molecule has 0 N–H and O–H groups in total. The van der Waals surface area contributed by atoms with E-state index >= 15 is 0 Å². The monoisotopic (exact) mass is 333 g/mol. The van der Waals surface area contributed by atoms with Gasteiger partial charge in [-0.2, -0.15) is 0 Å². The minimum Gasteiger partial charge on any atom is -0.493 e. The first-order valence-corrected chi connectivity index (χ1v) is 7.88. The predicted octanol–water partition coefficient (Wildman–Crippen LogP) is 4.40. The van der Waals surface area contributed by atoms with Crippen LogP contribution in [0.2, 0.25) is 0 Å². The van der Waals surface area contributed by atoms with Crippen molar-refractivity contribution in [3.05, 3.63) is 59.2 Å². The van der Waals surface area contributed by atoms with Crippen LogP contribution in [0.5, 0.6) is 5.75 Å². The van der Waals surface area contributed by atoms with Crippen molar-refractivity contribution in [3.63, 3.8) is 0 Å². The molecule has 3 nitrogen and oxygen atoms in total. The van der Waals surface area contributed by atoms with E-state index in [4.69, 9.17) is 4.74 Å². The molecule has 0 saturated carbocycles. The van der Waals surface area contributed by atoms with Gasteiger partial charge in [-0.05, 0) is 44.0 Å². The summed E-state index contributed by atoms with van der Waals surface area (Å²) >= 11 is 0. The van der Waals surface area contributed by atoms with Gasteiger partial charge in [0.25, 0.3) is 0 Å². The molecule has 2 rings (SSSR count). The van der Waals surface area contributed by atoms with E-state index in [1.165, 1.54) is 11.0 Å². The van der Waals surface area contributed by atoms with Crippen LogP contribution < -0.4 is 9.64 Å². The highest BCUT2D eigenvalue weighted by molar-refractivity contribution is 5.93. The maximum Gasteiger partial charge on any atom is 0.230 e. The molecule has 0 saturated heterocycles. The van der Waals surface area contributed by atoms with E-state index in [0.29, 0.717) is 12.2 Å². The van der Waals surface area contributed by atoms with Crippen LogP contribution in [0.15, 0.2) is 36.4 Å². The van der Waals surface area contributed by atoms with E-state index in [1.807, 2.05) is 32.0 Å². The predicted molar refractivity (Wildman–Crippen MR) is 90.4 cm³/mol. The van der Waals surface area contributed by atoms with Crippen molar-refractivity contribution >= 4 is 11.6 Å². The van der Waals surface area contributed by atoms with Gasteiger partial charge in [-0.15, -0.1) is 0 Å². The van der Waals surface area contributed by atoms with Crippen LogP contribution in [0.4, 0.5) is 14.5 Å². The number of halogens is 2. The average Bonchev–Trinajstić information content (AvgIpc) is 2.54. The number of carbonyl (C=O) groups is 1. The highest BCUT2D eigenvalue weighted by atomic mass is 19.2. The topological polar surface area (TPSA) is 29.5 Å². The summed E-state index contributed by atoms with van der Waals surface area (Å²) in [5.41, 5.74) is 2.36. The molecule has 2 aromatic carbocycles. The number of ether oxygens (including phenoxy) is 1. The van der Waals surface area contributed by atoms with Gasteiger partial charge in [-0.25, -0.2) is 8.78 Å². The van der Waals surface area contributed by atoms with Crippen molar-refractivity contribution < 1.29 is 18.3 Å². The molecule has 24 heavy (non-hydrogen) atoms. The standard InChI is InChI=1S/C19H21F2NO2/c1-4-22(15-8-9-16(20)17(21)12-15)18(23)10-11-24-19-13(2)6-5-7-14(19)3/h5-9,12H,4,10-11H2,1-3H3. The molecule has 0 aromatic heterocycles. The molecule has 0 heterocycles. The van der Waals surface area contributed by atoms with E-state index in [2.05, 4.69) is 0 Å². The van der Waals surface area contributed by atoms with E-state index in [0.717, 1.165) is 29.0 Å². The fraction of sp³-hybridized carbons (Fsp3) is 0.316. The maximum absolute atomic E-state index is 13.4. The first-order chi connectivity index (χ1) is 11.4. The summed E-state index contributed by atoms with van der Waals surface area (Å²) in [5, 5.41) is 0. The third-order valence-corrected chi connectivity index (χ3v) is 3.80. The fourth-order valence-corrected chi connectivity index (χ4v) is 2.56. The van der Waals surface area contributed by atoms with Gasteiger partial charge in [-0.1, -0.05) is 18.2 Å². The SMILES string of the molecule is CCN(C(=O)CCOc1c(C)cccc1C)c1ccc(F)c(F)c1. The minimum atomic E-state index is -0.967. The van der Waals surface area contributed by atoms with E-state index in [9.17, 15) is 13.6 Å². The molecule has 5 heteroatoms. The van der Waals surface area contributed by atoms with Crippen LogP contribution in [-0.4, -0.2) is 19.1 Å². The minimum absolute atomic E-state index is 0.153. The third kappa shape index (κ3) is 4.10. The summed E-state index contributed by atoms with van der Waals surface area (Å²) < 4.78 is 32.1. The largest absolute Gasteiger partial charge is 0.493 e. The average molecular weight is 333 g/mol. The van der Waals surface area contributed by atoms with Crippen molar-refractivity contribution in [1.29, 1.82) is 0 Å². The summed E-state index contributed by atoms with van der Waals surface area (Å²) in [6.45, 7) is 6.27. The van der Waals surface area contributed by atoms with Crippen LogP contribution in [0.25, 0.3) is 0 Å². The van der Waals surface area contributed by atoms with E-state index in [1.54, 1.807) is 6.92 Å². The van der Waals surface area contributed by atoms with Crippen LogP contribution in [0.3, 0.4) is 0 Å². The molecule has 128 valence electrons. The number of nitrogens with zero attached hydrogens (tertiary/aromatic N) is 1. The van der Waals surface area contributed by atoms with Crippen molar-refractivity contribution in [1.82, 2.24) is 0 Å². The van der Waals surface area contributed by atoms with E-state index < -0.39 is 11.6 Å². The molecule has 0 bridgehead atoms. The number of hydrogen-bond donors (Lipinski definition) is 0. The Labute approximate surface area is 140 Å². The summed E-state index contributed by atoms with van der Waals surface area (Å²) in [4.78, 5) is 13.8. The number of rotatable bonds is 6. The normalized spacial score (nSPS) is 10.5. The van der Waals surface area contributed by atoms with Gasteiger partial charge in [0.2, 0.25) is 5.91 Å². The van der Waals surface area contributed by atoms with Gasteiger partial charge < -0.3 is 9.64 Å². The van der Waals surface area contributed by atoms with Gasteiger partial charge >= 0.3 is 0 Å². The van der Waals surface area contributed by atoms with E-state index in [-0.39, 0.29) is 18.9 Å². The second-order valence-corrected chi connectivity index (χ2v) is 5.56. The van der Waals surface area contributed by atoms with Gasteiger partial charge in [0.05, 0.1) is 13.0 Å². The van der Waals surface area contributed by atoms with Crippen LogP contribution in [0.1, 0.15) is 24.5 Å². The zero-order chi connectivity index (χ0) is 17.7. The molecule has 0 unspecified atom stereocenters. The van der Waals surface area contributed by atoms with Gasteiger partial charge in [-0.3, -0.25) is 4.79 Å². The lowest BCUT2D eigenvalue weighted by Gasteiger charge is -2.21. The fourth-order valence-electron chi connectivity index (χ4n) is 2.56. The lowest BCUT2D eigenvalue weighted by atomic mass is 10.1. The Bertz CT molecular complexity index is 711. The molecule has 0 spiro atoms. The zero-order valence-corrected chi connectivity index (χ0v) is 14.1. The van der Waals surface area contributed by atoms with Crippen molar-refractivity contribution in [3.8, 4) is 5.75 Å². The van der Waals surface area contributed by atoms with Crippen LogP contribution in [-0.2, 0) is 4.79 Å². The summed E-state index contributed by atoms with van der Waals surface area (Å²) in [6, 6.07) is 9.29. The molecule has 0 radical (unpaired) electrons. The molecule has 0 aliphatic carbocycles.